The van der Waals surface area contributed by atoms with Crippen molar-refractivity contribution in [2.24, 2.45) is 5.92 Å². The van der Waals surface area contributed by atoms with Crippen molar-refractivity contribution in [3.05, 3.63) is 0 Å². The van der Waals surface area contributed by atoms with Gasteiger partial charge in [0.25, 0.3) is 0 Å². The molecule has 0 bridgehead atoms. The number of nitrogens with zero attached hydrogens (tertiary/aromatic N) is 1. The molecule has 0 spiro atoms. The lowest BCUT2D eigenvalue weighted by atomic mass is 10.2. The molecule has 0 aromatic carbocycles. The third-order valence-electron chi connectivity index (χ3n) is 2.16. The van der Waals surface area contributed by atoms with Crippen LogP contribution in [0.15, 0.2) is 0 Å². The Bertz CT molecular complexity index is 213. The standard InChI is InChI=1S/C10H18BrNO2/c1-10(2,3)14-9(13)12-5-4-8(6-11)7-12/h8H,4-7H2,1-3H3/t8-/m0/s1. The Labute approximate surface area is 93.9 Å². The maximum Gasteiger partial charge on any atom is 0.410 e. The zero-order valence-electron chi connectivity index (χ0n) is 9.05. The highest BCUT2D eigenvalue weighted by Gasteiger charge is 2.28. The summed E-state index contributed by atoms with van der Waals surface area (Å²) in [5, 5.41) is 0.965. The minimum Gasteiger partial charge on any atom is -0.444 e. The van der Waals surface area contributed by atoms with Gasteiger partial charge in [0, 0.05) is 18.4 Å². The number of halogens is 1. The molecule has 1 saturated heterocycles. The van der Waals surface area contributed by atoms with Gasteiger partial charge in [-0.1, -0.05) is 15.9 Å². The summed E-state index contributed by atoms with van der Waals surface area (Å²) in [4.78, 5) is 13.4. The van der Waals surface area contributed by atoms with Gasteiger partial charge in [0.15, 0.2) is 0 Å². The number of hydrogen-bond donors (Lipinski definition) is 0. The third kappa shape index (κ3) is 3.48. The fraction of sp³-hybridized carbons (Fsp3) is 0.900. The average Bonchev–Trinajstić information content (AvgIpc) is 2.48. The Kier molecular flexibility index (Phi) is 3.81. The number of likely N-dealkylation sites (tertiary alicyclic amines) is 1. The first kappa shape index (κ1) is 11.8. The normalized spacial score (nSPS) is 22.6. The quantitative estimate of drug-likeness (QED) is 0.681. The van der Waals surface area contributed by atoms with E-state index in [2.05, 4.69) is 15.9 Å². The van der Waals surface area contributed by atoms with Crippen molar-refractivity contribution in [2.75, 3.05) is 18.4 Å². The van der Waals surface area contributed by atoms with E-state index in [1.807, 2.05) is 20.8 Å². The van der Waals surface area contributed by atoms with Gasteiger partial charge in [-0.3, -0.25) is 0 Å². The van der Waals surface area contributed by atoms with Crippen LogP contribution in [0.4, 0.5) is 4.79 Å². The maximum atomic E-state index is 11.6. The van der Waals surface area contributed by atoms with Gasteiger partial charge in [0.2, 0.25) is 0 Å². The van der Waals surface area contributed by atoms with Gasteiger partial charge in [-0.15, -0.1) is 0 Å². The molecular formula is C10H18BrNO2. The van der Waals surface area contributed by atoms with E-state index in [0.29, 0.717) is 5.92 Å². The van der Waals surface area contributed by atoms with E-state index in [1.165, 1.54) is 0 Å². The van der Waals surface area contributed by atoms with Crippen LogP contribution in [0.1, 0.15) is 27.2 Å². The average molecular weight is 264 g/mol. The third-order valence-corrected chi connectivity index (χ3v) is 3.07. The molecule has 4 heteroatoms. The van der Waals surface area contributed by atoms with E-state index in [9.17, 15) is 4.79 Å². The van der Waals surface area contributed by atoms with Crippen LogP contribution in [-0.2, 0) is 4.74 Å². The molecule has 3 nitrogen and oxygen atoms in total. The summed E-state index contributed by atoms with van der Waals surface area (Å²) in [6.07, 6.45) is 0.894. The highest BCUT2D eigenvalue weighted by molar-refractivity contribution is 9.09. The number of hydrogen-bond acceptors (Lipinski definition) is 2. The fourth-order valence-electron chi connectivity index (χ4n) is 1.45. The van der Waals surface area contributed by atoms with Gasteiger partial charge in [-0.05, 0) is 33.1 Å². The van der Waals surface area contributed by atoms with Crippen molar-refractivity contribution in [1.29, 1.82) is 0 Å². The van der Waals surface area contributed by atoms with Gasteiger partial charge in [0.1, 0.15) is 5.60 Å². The Hall–Kier alpha value is -0.250. The monoisotopic (exact) mass is 263 g/mol. The van der Waals surface area contributed by atoms with Crippen LogP contribution < -0.4 is 0 Å². The second-order valence-corrected chi connectivity index (χ2v) is 5.38. The second kappa shape index (κ2) is 4.51. The van der Waals surface area contributed by atoms with Crippen molar-refractivity contribution < 1.29 is 9.53 Å². The topological polar surface area (TPSA) is 29.5 Å². The highest BCUT2D eigenvalue weighted by atomic mass is 79.9. The minimum atomic E-state index is -0.385. The molecule has 1 amide bonds. The molecular weight excluding hydrogens is 246 g/mol. The fourth-order valence-corrected chi connectivity index (χ4v) is 1.98. The number of carbonyl (C=O) groups excluding carboxylic acids is 1. The first-order valence-electron chi connectivity index (χ1n) is 4.96. The largest absolute Gasteiger partial charge is 0.444 e. The van der Waals surface area contributed by atoms with Crippen LogP contribution >= 0.6 is 15.9 Å². The van der Waals surface area contributed by atoms with Gasteiger partial charge in [0.05, 0.1) is 0 Å². The molecule has 1 heterocycles. The smallest absolute Gasteiger partial charge is 0.410 e. The van der Waals surface area contributed by atoms with Crippen molar-refractivity contribution in [1.82, 2.24) is 4.90 Å². The van der Waals surface area contributed by atoms with Crippen LogP contribution in [0.3, 0.4) is 0 Å². The molecule has 1 aliphatic rings. The molecule has 0 unspecified atom stereocenters. The Balaban J connectivity index is 2.40. The van der Waals surface area contributed by atoms with E-state index in [-0.39, 0.29) is 11.7 Å². The number of alkyl halides is 1. The number of ether oxygens (including phenoxy) is 1. The predicted octanol–water partition coefficient (Wildman–Crippen LogP) is 2.64. The molecule has 0 N–H and O–H groups in total. The van der Waals surface area contributed by atoms with Crippen molar-refractivity contribution in [3.63, 3.8) is 0 Å². The van der Waals surface area contributed by atoms with Crippen LogP contribution in [-0.4, -0.2) is 35.0 Å². The van der Waals surface area contributed by atoms with E-state index in [4.69, 9.17) is 4.74 Å². The van der Waals surface area contributed by atoms with Gasteiger partial charge >= 0.3 is 6.09 Å². The summed E-state index contributed by atoms with van der Waals surface area (Å²) in [6, 6.07) is 0. The summed E-state index contributed by atoms with van der Waals surface area (Å²) in [6.45, 7) is 7.32. The second-order valence-electron chi connectivity index (χ2n) is 4.74. The molecule has 0 saturated carbocycles. The summed E-state index contributed by atoms with van der Waals surface area (Å²) in [7, 11) is 0. The maximum absolute atomic E-state index is 11.6. The summed E-state index contributed by atoms with van der Waals surface area (Å²) < 4.78 is 5.29. The summed E-state index contributed by atoms with van der Waals surface area (Å²) in [5.74, 6) is 0.586. The number of amides is 1. The first-order chi connectivity index (χ1) is 6.42. The molecule has 0 aromatic heterocycles. The molecule has 14 heavy (non-hydrogen) atoms. The molecule has 82 valence electrons. The lowest BCUT2D eigenvalue weighted by Crippen LogP contribution is -2.35. The Morgan fingerprint density at radius 2 is 2.21 bits per heavy atom. The van der Waals surface area contributed by atoms with Crippen LogP contribution in [0.2, 0.25) is 0 Å². The molecule has 1 atom stereocenters. The molecule has 1 aliphatic heterocycles. The van der Waals surface area contributed by atoms with Gasteiger partial charge in [-0.2, -0.15) is 0 Å². The summed E-state index contributed by atoms with van der Waals surface area (Å²) in [5.41, 5.74) is -0.385. The first-order valence-corrected chi connectivity index (χ1v) is 6.08. The zero-order valence-corrected chi connectivity index (χ0v) is 10.6. The molecule has 0 aliphatic carbocycles. The Morgan fingerprint density at radius 3 is 2.64 bits per heavy atom. The predicted molar refractivity (Wildman–Crippen MR) is 59.7 cm³/mol. The van der Waals surface area contributed by atoms with E-state index >= 15 is 0 Å². The molecule has 0 radical (unpaired) electrons. The van der Waals surface area contributed by atoms with E-state index in [0.717, 1.165) is 24.8 Å². The van der Waals surface area contributed by atoms with Crippen molar-refractivity contribution in [3.8, 4) is 0 Å². The Morgan fingerprint density at radius 1 is 1.57 bits per heavy atom. The van der Waals surface area contributed by atoms with Crippen LogP contribution in [0.25, 0.3) is 0 Å². The van der Waals surface area contributed by atoms with Crippen molar-refractivity contribution in [2.45, 2.75) is 32.8 Å². The molecule has 0 aromatic rings. The summed E-state index contributed by atoms with van der Waals surface area (Å²) >= 11 is 3.44. The lowest BCUT2D eigenvalue weighted by molar-refractivity contribution is 0.0289. The van der Waals surface area contributed by atoms with Gasteiger partial charge in [-0.25, -0.2) is 4.79 Å². The van der Waals surface area contributed by atoms with Crippen LogP contribution in [0, 0.1) is 5.92 Å². The van der Waals surface area contributed by atoms with E-state index < -0.39 is 0 Å². The van der Waals surface area contributed by atoms with E-state index in [1.54, 1.807) is 4.90 Å². The molecule has 1 fully saturated rings. The SMILES string of the molecule is CC(C)(C)OC(=O)N1CC[C@@H](CBr)C1. The highest BCUT2D eigenvalue weighted by Crippen LogP contribution is 2.20. The number of rotatable bonds is 1. The number of carbonyl (C=O) groups is 1. The molecule has 1 rings (SSSR count). The lowest BCUT2D eigenvalue weighted by Gasteiger charge is -2.24. The van der Waals surface area contributed by atoms with Crippen molar-refractivity contribution >= 4 is 22.0 Å². The minimum absolute atomic E-state index is 0.180. The van der Waals surface area contributed by atoms with Crippen LogP contribution in [0.5, 0.6) is 0 Å². The zero-order chi connectivity index (χ0) is 10.8. The van der Waals surface area contributed by atoms with Gasteiger partial charge < -0.3 is 9.64 Å².